The monoisotopic (exact) mass is 404 g/mol. The lowest BCUT2D eigenvalue weighted by Crippen LogP contribution is -2.45. The van der Waals surface area contributed by atoms with E-state index in [1.54, 1.807) is 12.1 Å². The SMILES string of the molecule is CC1(NC[C@@H](O)c2ccc(O)c3[nH]c(=O)ccc23)Cc2cc3c(cc2C1)CCCC3. The number of fused-ring (bicyclic) bond motifs is 3. The molecule has 0 amide bonds. The van der Waals surface area contributed by atoms with Crippen LogP contribution >= 0.6 is 0 Å². The maximum atomic E-state index is 11.6. The number of pyridine rings is 1. The molecule has 1 heterocycles. The first-order valence-electron chi connectivity index (χ1n) is 10.8. The van der Waals surface area contributed by atoms with Crippen LogP contribution in [0.15, 0.2) is 41.2 Å². The molecule has 2 aromatic carbocycles. The average molecular weight is 405 g/mol. The fourth-order valence-corrected chi connectivity index (χ4v) is 5.25. The van der Waals surface area contributed by atoms with Crippen LogP contribution in [0.1, 0.15) is 53.7 Å². The highest BCUT2D eigenvalue weighted by atomic mass is 16.3. The van der Waals surface area contributed by atoms with Crippen LogP contribution in [0.4, 0.5) is 0 Å². The summed E-state index contributed by atoms with van der Waals surface area (Å²) in [4.78, 5) is 14.3. The van der Waals surface area contributed by atoms with Gasteiger partial charge in [0.05, 0.1) is 11.6 Å². The molecule has 5 nitrogen and oxygen atoms in total. The molecule has 1 aromatic heterocycles. The quantitative estimate of drug-likeness (QED) is 0.538. The smallest absolute Gasteiger partial charge is 0.248 e. The van der Waals surface area contributed by atoms with Gasteiger partial charge in [-0.1, -0.05) is 18.2 Å². The molecule has 3 aromatic rings. The highest BCUT2D eigenvalue weighted by Gasteiger charge is 2.34. The number of hydrogen-bond acceptors (Lipinski definition) is 4. The number of aliphatic hydroxyl groups excluding tert-OH is 1. The lowest BCUT2D eigenvalue weighted by molar-refractivity contribution is 0.161. The molecule has 0 saturated heterocycles. The number of hydrogen-bond donors (Lipinski definition) is 4. The van der Waals surface area contributed by atoms with Gasteiger partial charge in [0, 0.05) is 23.5 Å². The number of nitrogens with one attached hydrogen (secondary N) is 2. The first kappa shape index (κ1) is 19.3. The fourth-order valence-electron chi connectivity index (χ4n) is 5.25. The van der Waals surface area contributed by atoms with Gasteiger partial charge in [0.15, 0.2) is 0 Å². The Labute approximate surface area is 175 Å². The molecule has 0 bridgehead atoms. The fraction of sp³-hybridized carbons (Fsp3) is 0.400. The number of H-pyrrole nitrogens is 1. The number of phenolic OH excluding ortho intramolecular Hbond substituents is 1. The van der Waals surface area contributed by atoms with Crippen molar-refractivity contribution in [3.05, 3.63) is 74.6 Å². The van der Waals surface area contributed by atoms with Crippen molar-refractivity contribution in [1.29, 1.82) is 0 Å². The Bertz CT molecular complexity index is 1150. The van der Waals surface area contributed by atoms with Crippen LogP contribution in [0.3, 0.4) is 0 Å². The molecule has 0 saturated carbocycles. The van der Waals surface area contributed by atoms with Crippen molar-refractivity contribution in [2.75, 3.05) is 6.54 Å². The maximum Gasteiger partial charge on any atom is 0.248 e. The Kier molecular flexibility index (Phi) is 4.68. The van der Waals surface area contributed by atoms with Crippen molar-refractivity contribution in [3.8, 4) is 5.75 Å². The number of rotatable bonds is 4. The van der Waals surface area contributed by atoms with Gasteiger partial charge in [0.25, 0.3) is 0 Å². The van der Waals surface area contributed by atoms with Crippen molar-refractivity contribution in [1.82, 2.24) is 10.3 Å². The van der Waals surface area contributed by atoms with Gasteiger partial charge in [-0.05, 0) is 85.4 Å². The Balaban J connectivity index is 1.34. The van der Waals surface area contributed by atoms with Crippen LogP contribution in [0.2, 0.25) is 0 Å². The molecule has 0 fully saturated rings. The molecule has 1 atom stereocenters. The number of aliphatic hydroxyl groups is 1. The number of aromatic nitrogens is 1. The molecule has 0 aliphatic heterocycles. The van der Waals surface area contributed by atoms with E-state index in [0.29, 0.717) is 23.0 Å². The summed E-state index contributed by atoms with van der Waals surface area (Å²) in [7, 11) is 0. The molecule has 156 valence electrons. The van der Waals surface area contributed by atoms with Crippen LogP contribution in [-0.4, -0.2) is 27.3 Å². The van der Waals surface area contributed by atoms with Crippen LogP contribution in [-0.2, 0) is 25.7 Å². The van der Waals surface area contributed by atoms with Crippen LogP contribution in [0.5, 0.6) is 5.75 Å². The number of β-amino-alcohol motifs (C(OH)–C–C–N with tert-alkyl or cyclic N) is 1. The van der Waals surface area contributed by atoms with Gasteiger partial charge in [-0.3, -0.25) is 4.79 Å². The lowest BCUT2D eigenvalue weighted by Gasteiger charge is -2.27. The molecule has 2 aliphatic carbocycles. The lowest BCUT2D eigenvalue weighted by atomic mass is 9.89. The Morgan fingerprint density at radius 3 is 2.37 bits per heavy atom. The summed E-state index contributed by atoms with van der Waals surface area (Å²) >= 11 is 0. The van der Waals surface area contributed by atoms with Crippen LogP contribution in [0.25, 0.3) is 10.9 Å². The summed E-state index contributed by atoms with van der Waals surface area (Å²) in [6.45, 7) is 2.63. The maximum absolute atomic E-state index is 11.6. The van der Waals surface area contributed by atoms with Gasteiger partial charge >= 0.3 is 0 Å². The van der Waals surface area contributed by atoms with E-state index < -0.39 is 6.10 Å². The number of aromatic amines is 1. The van der Waals surface area contributed by atoms with Crippen molar-refractivity contribution in [2.24, 2.45) is 0 Å². The second kappa shape index (κ2) is 7.25. The largest absolute Gasteiger partial charge is 0.506 e. The van der Waals surface area contributed by atoms with Crippen molar-refractivity contribution in [2.45, 2.75) is 57.1 Å². The van der Waals surface area contributed by atoms with Gasteiger partial charge in [0.1, 0.15) is 5.75 Å². The highest BCUT2D eigenvalue weighted by molar-refractivity contribution is 5.87. The predicted molar refractivity (Wildman–Crippen MR) is 118 cm³/mol. The minimum absolute atomic E-state index is 0.00813. The Morgan fingerprint density at radius 2 is 1.70 bits per heavy atom. The first-order valence-corrected chi connectivity index (χ1v) is 10.8. The summed E-state index contributed by atoms with van der Waals surface area (Å²) in [6.07, 6.45) is 6.16. The molecule has 2 aliphatic rings. The van der Waals surface area contributed by atoms with E-state index in [1.165, 1.54) is 60.1 Å². The summed E-state index contributed by atoms with van der Waals surface area (Å²) in [5.74, 6) is 0.00813. The molecule has 5 heteroatoms. The van der Waals surface area contributed by atoms with Gasteiger partial charge in [-0.2, -0.15) is 0 Å². The van der Waals surface area contributed by atoms with Gasteiger partial charge < -0.3 is 20.5 Å². The van der Waals surface area contributed by atoms with Gasteiger partial charge in [-0.25, -0.2) is 0 Å². The minimum Gasteiger partial charge on any atom is -0.506 e. The third kappa shape index (κ3) is 3.42. The standard InChI is InChI=1S/C25H28N2O3/c1-25(12-17-10-15-4-2-3-5-16(15)11-18(17)13-25)26-14-22(29)19-6-8-21(28)24-20(19)7-9-23(30)27-24/h6-11,22,26,28-29H,2-5,12-14H2,1H3,(H,27,30)/t22-/m1/s1. The van der Waals surface area contributed by atoms with E-state index in [1.807, 2.05) is 0 Å². The van der Waals surface area contributed by atoms with Crippen LogP contribution in [0, 0.1) is 0 Å². The zero-order valence-electron chi connectivity index (χ0n) is 17.3. The third-order valence-corrected chi connectivity index (χ3v) is 6.81. The summed E-state index contributed by atoms with van der Waals surface area (Å²) in [5, 5.41) is 25.2. The molecule has 0 unspecified atom stereocenters. The number of phenols is 1. The summed E-state index contributed by atoms with van der Waals surface area (Å²) in [5.41, 5.74) is 6.61. The van der Waals surface area contributed by atoms with E-state index in [9.17, 15) is 15.0 Å². The molecule has 0 radical (unpaired) electrons. The number of aryl methyl sites for hydroxylation is 2. The molecular formula is C25H28N2O3. The molecule has 30 heavy (non-hydrogen) atoms. The Hall–Kier alpha value is -2.63. The zero-order valence-corrected chi connectivity index (χ0v) is 17.3. The van der Waals surface area contributed by atoms with E-state index >= 15 is 0 Å². The molecule has 5 rings (SSSR count). The number of benzene rings is 2. The van der Waals surface area contributed by atoms with Gasteiger partial charge in [-0.15, -0.1) is 0 Å². The topological polar surface area (TPSA) is 85.3 Å². The van der Waals surface area contributed by atoms with E-state index in [4.69, 9.17) is 0 Å². The van der Waals surface area contributed by atoms with Crippen molar-refractivity contribution >= 4 is 10.9 Å². The minimum atomic E-state index is -0.743. The summed E-state index contributed by atoms with van der Waals surface area (Å²) < 4.78 is 0. The average Bonchev–Trinajstić information content (AvgIpc) is 3.06. The van der Waals surface area contributed by atoms with E-state index in [0.717, 1.165) is 12.8 Å². The molecular weight excluding hydrogens is 376 g/mol. The molecule has 0 spiro atoms. The summed E-state index contributed by atoms with van der Waals surface area (Å²) in [6, 6.07) is 11.1. The van der Waals surface area contributed by atoms with E-state index in [2.05, 4.69) is 29.4 Å². The van der Waals surface area contributed by atoms with Gasteiger partial charge in [0.2, 0.25) is 5.56 Å². The predicted octanol–water partition coefficient (Wildman–Crippen LogP) is 3.29. The molecule has 4 N–H and O–H groups in total. The second-order valence-electron chi connectivity index (χ2n) is 9.19. The number of aromatic hydroxyl groups is 1. The van der Waals surface area contributed by atoms with Crippen molar-refractivity contribution < 1.29 is 10.2 Å². The van der Waals surface area contributed by atoms with E-state index in [-0.39, 0.29) is 16.8 Å². The second-order valence-corrected chi connectivity index (χ2v) is 9.19. The Morgan fingerprint density at radius 1 is 1.03 bits per heavy atom. The third-order valence-electron chi connectivity index (χ3n) is 6.81. The zero-order chi connectivity index (χ0) is 20.9. The van der Waals surface area contributed by atoms with Crippen LogP contribution < -0.4 is 10.9 Å². The first-order chi connectivity index (χ1) is 14.4. The normalized spacial score (nSPS) is 18.2. The van der Waals surface area contributed by atoms with Crippen molar-refractivity contribution in [3.63, 3.8) is 0 Å². The highest BCUT2D eigenvalue weighted by Crippen LogP contribution is 2.35.